The first kappa shape index (κ1) is 18.5. The number of carbonyl (C=O) groups is 2. The summed E-state index contributed by atoms with van der Waals surface area (Å²) in [5, 5.41) is 12.5. The zero-order valence-corrected chi connectivity index (χ0v) is 16.2. The van der Waals surface area contributed by atoms with Gasteiger partial charge in [-0.1, -0.05) is 49.3 Å². The highest BCUT2D eigenvalue weighted by Gasteiger charge is 2.35. The van der Waals surface area contributed by atoms with Crippen LogP contribution in [0.2, 0.25) is 0 Å². The van der Waals surface area contributed by atoms with Crippen molar-refractivity contribution in [1.82, 2.24) is 10.2 Å². The Morgan fingerprint density at radius 2 is 2.08 bits per heavy atom. The van der Waals surface area contributed by atoms with E-state index in [1.165, 1.54) is 11.3 Å². The molecule has 26 heavy (non-hydrogen) atoms. The highest BCUT2D eigenvalue weighted by molar-refractivity contribution is 7.15. The molecule has 2 atom stereocenters. The van der Waals surface area contributed by atoms with Crippen LogP contribution in [0.1, 0.15) is 49.6 Å². The summed E-state index contributed by atoms with van der Waals surface area (Å²) in [6.07, 6.45) is 2.35. The van der Waals surface area contributed by atoms with E-state index in [0.29, 0.717) is 17.6 Å². The van der Waals surface area contributed by atoms with Gasteiger partial charge in [-0.05, 0) is 25.5 Å². The smallest absolute Gasteiger partial charge is 0.231 e. The van der Waals surface area contributed by atoms with E-state index in [4.69, 9.17) is 0 Å². The molecule has 1 aromatic heterocycles. The Morgan fingerprint density at radius 3 is 2.77 bits per heavy atom. The summed E-state index contributed by atoms with van der Waals surface area (Å²) in [6.45, 7) is 6.65. The zero-order valence-electron chi connectivity index (χ0n) is 15.4. The van der Waals surface area contributed by atoms with E-state index in [9.17, 15) is 9.59 Å². The van der Waals surface area contributed by atoms with Gasteiger partial charge in [-0.3, -0.25) is 9.59 Å². The van der Waals surface area contributed by atoms with E-state index in [2.05, 4.69) is 29.4 Å². The first-order valence-electron chi connectivity index (χ1n) is 8.99. The minimum atomic E-state index is -0.371. The predicted octanol–water partition coefficient (Wildman–Crippen LogP) is 3.74. The molecule has 7 heteroatoms. The standard InChI is InChI=1S/C19H24N4O2S/c1-4-5-13(3)18-21-22-19(26-18)20-17(25)14-10-16(24)23(11-14)15-8-6-12(2)7-9-15/h6-9,13-14H,4-5,10-11H2,1-3H3,(H,20,22,25)/t13-,14-/m0/s1. The number of nitrogens with one attached hydrogen (secondary N) is 1. The zero-order chi connectivity index (χ0) is 18.7. The molecule has 1 saturated heterocycles. The van der Waals surface area contributed by atoms with Crippen molar-refractivity contribution in [1.29, 1.82) is 0 Å². The van der Waals surface area contributed by atoms with Crippen LogP contribution in [0.5, 0.6) is 0 Å². The molecule has 3 rings (SSSR count). The van der Waals surface area contributed by atoms with E-state index >= 15 is 0 Å². The molecule has 2 amide bonds. The molecule has 1 aliphatic rings. The Labute approximate surface area is 157 Å². The topological polar surface area (TPSA) is 75.2 Å². The maximum absolute atomic E-state index is 12.5. The monoisotopic (exact) mass is 372 g/mol. The molecular formula is C19H24N4O2S. The van der Waals surface area contributed by atoms with Crippen molar-refractivity contribution in [2.24, 2.45) is 5.92 Å². The van der Waals surface area contributed by atoms with Crippen LogP contribution in [0.4, 0.5) is 10.8 Å². The Morgan fingerprint density at radius 1 is 1.35 bits per heavy atom. The second-order valence-corrected chi connectivity index (χ2v) is 7.87. The molecule has 1 aromatic carbocycles. The molecule has 1 aliphatic heterocycles. The van der Waals surface area contributed by atoms with E-state index in [-0.39, 0.29) is 24.2 Å². The Kier molecular flexibility index (Phi) is 5.66. The van der Waals surface area contributed by atoms with Crippen molar-refractivity contribution in [3.63, 3.8) is 0 Å². The largest absolute Gasteiger partial charge is 0.312 e. The molecule has 138 valence electrons. The lowest BCUT2D eigenvalue weighted by molar-refractivity contribution is -0.122. The van der Waals surface area contributed by atoms with Crippen LogP contribution in [0.15, 0.2) is 24.3 Å². The summed E-state index contributed by atoms with van der Waals surface area (Å²) >= 11 is 1.41. The van der Waals surface area contributed by atoms with Crippen LogP contribution >= 0.6 is 11.3 Å². The summed E-state index contributed by atoms with van der Waals surface area (Å²) in [6, 6.07) is 7.77. The number of hydrogen-bond donors (Lipinski definition) is 1. The third kappa shape index (κ3) is 4.09. The normalized spacial score (nSPS) is 18.2. The van der Waals surface area contributed by atoms with Gasteiger partial charge in [-0.15, -0.1) is 10.2 Å². The van der Waals surface area contributed by atoms with Crippen LogP contribution in [-0.4, -0.2) is 28.6 Å². The Balaban J connectivity index is 1.62. The van der Waals surface area contributed by atoms with Crippen molar-refractivity contribution < 1.29 is 9.59 Å². The maximum atomic E-state index is 12.5. The number of anilines is 2. The van der Waals surface area contributed by atoms with Gasteiger partial charge in [0, 0.05) is 24.6 Å². The average molecular weight is 372 g/mol. The number of nitrogens with zero attached hydrogens (tertiary/aromatic N) is 3. The van der Waals surface area contributed by atoms with Crippen molar-refractivity contribution in [2.75, 3.05) is 16.8 Å². The van der Waals surface area contributed by atoms with Gasteiger partial charge >= 0.3 is 0 Å². The lowest BCUT2D eigenvalue weighted by Crippen LogP contribution is -2.28. The number of amides is 2. The highest BCUT2D eigenvalue weighted by atomic mass is 32.1. The van der Waals surface area contributed by atoms with Gasteiger partial charge in [-0.25, -0.2) is 0 Å². The second-order valence-electron chi connectivity index (χ2n) is 6.87. The van der Waals surface area contributed by atoms with Gasteiger partial charge in [0.2, 0.25) is 16.9 Å². The summed E-state index contributed by atoms with van der Waals surface area (Å²) in [7, 11) is 0. The minimum Gasteiger partial charge on any atom is -0.312 e. The van der Waals surface area contributed by atoms with Gasteiger partial charge in [0.15, 0.2) is 0 Å². The molecule has 0 unspecified atom stereocenters. The van der Waals surface area contributed by atoms with Gasteiger partial charge in [0.1, 0.15) is 5.01 Å². The quantitative estimate of drug-likeness (QED) is 0.838. The van der Waals surface area contributed by atoms with Crippen LogP contribution in [0.3, 0.4) is 0 Å². The number of carbonyl (C=O) groups excluding carboxylic acids is 2. The van der Waals surface area contributed by atoms with Crippen LogP contribution in [0, 0.1) is 12.8 Å². The number of aromatic nitrogens is 2. The number of benzene rings is 1. The lowest BCUT2D eigenvalue weighted by atomic mass is 10.1. The highest BCUT2D eigenvalue weighted by Crippen LogP contribution is 2.29. The maximum Gasteiger partial charge on any atom is 0.231 e. The summed E-state index contributed by atoms with van der Waals surface area (Å²) < 4.78 is 0. The molecule has 2 aromatic rings. The van der Waals surface area contributed by atoms with Gasteiger partial charge in [0.25, 0.3) is 0 Å². The average Bonchev–Trinajstić information content (AvgIpc) is 3.23. The molecular weight excluding hydrogens is 348 g/mol. The Hall–Kier alpha value is -2.28. The van der Waals surface area contributed by atoms with Crippen LogP contribution in [-0.2, 0) is 9.59 Å². The second kappa shape index (κ2) is 7.95. The van der Waals surface area contributed by atoms with Crippen molar-refractivity contribution in [2.45, 2.75) is 46.0 Å². The Bertz CT molecular complexity index is 787. The molecule has 0 radical (unpaired) electrons. The number of rotatable bonds is 6. The van der Waals surface area contributed by atoms with Gasteiger partial charge in [0.05, 0.1) is 5.92 Å². The number of hydrogen-bond acceptors (Lipinski definition) is 5. The van der Waals surface area contributed by atoms with Crippen molar-refractivity contribution in [3.05, 3.63) is 34.8 Å². The first-order chi connectivity index (χ1) is 12.5. The third-order valence-corrected chi connectivity index (χ3v) is 5.73. The number of aryl methyl sites for hydroxylation is 1. The van der Waals surface area contributed by atoms with Crippen molar-refractivity contribution >= 4 is 34.0 Å². The molecule has 1 N–H and O–H groups in total. The molecule has 2 heterocycles. The molecule has 0 spiro atoms. The molecule has 0 aliphatic carbocycles. The summed E-state index contributed by atoms with van der Waals surface area (Å²) in [4.78, 5) is 26.5. The SMILES string of the molecule is CCC[C@H](C)c1nnc(NC(=O)[C@H]2CC(=O)N(c3ccc(C)cc3)C2)s1. The lowest BCUT2D eigenvalue weighted by Gasteiger charge is -2.16. The minimum absolute atomic E-state index is 0.0245. The fourth-order valence-electron chi connectivity index (χ4n) is 3.11. The van der Waals surface area contributed by atoms with Gasteiger partial charge in [-0.2, -0.15) is 0 Å². The summed E-state index contributed by atoms with van der Waals surface area (Å²) in [5.41, 5.74) is 1.97. The van der Waals surface area contributed by atoms with Crippen LogP contribution in [0.25, 0.3) is 0 Å². The third-order valence-electron chi connectivity index (χ3n) is 4.66. The fourth-order valence-corrected chi connectivity index (χ4v) is 3.94. The molecule has 6 nitrogen and oxygen atoms in total. The first-order valence-corrected chi connectivity index (χ1v) is 9.81. The van der Waals surface area contributed by atoms with E-state index in [0.717, 1.165) is 29.1 Å². The van der Waals surface area contributed by atoms with Crippen molar-refractivity contribution in [3.8, 4) is 0 Å². The van der Waals surface area contributed by atoms with E-state index < -0.39 is 0 Å². The molecule has 1 fully saturated rings. The molecule has 0 bridgehead atoms. The molecule has 0 saturated carbocycles. The summed E-state index contributed by atoms with van der Waals surface area (Å²) in [5.74, 6) is -0.222. The van der Waals surface area contributed by atoms with Gasteiger partial charge < -0.3 is 10.2 Å². The predicted molar refractivity (Wildman–Crippen MR) is 104 cm³/mol. The van der Waals surface area contributed by atoms with Crippen LogP contribution < -0.4 is 10.2 Å². The van der Waals surface area contributed by atoms with E-state index in [1.54, 1.807) is 4.90 Å². The van der Waals surface area contributed by atoms with E-state index in [1.807, 2.05) is 31.2 Å². The fraction of sp³-hybridized carbons (Fsp3) is 0.474.